The fourth-order valence-corrected chi connectivity index (χ4v) is 3.90. The molecule has 0 aliphatic heterocycles. The predicted molar refractivity (Wildman–Crippen MR) is 111 cm³/mol. The van der Waals surface area contributed by atoms with Gasteiger partial charge >= 0.3 is 0 Å². The van der Waals surface area contributed by atoms with E-state index in [1.54, 1.807) is 24.3 Å². The fourth-order valence-electron chi connectivity index (χ4n) is 3.90. The van der Waals surface area contributed by atoms with Crippen LogP contribution in [0, 0.1) is 11.6 Å². The molecule has 2 aromatic rings. The first-order valence-corrected chi connectivity index (χ1v) is 10.7. The van der Waals surface area contributed by atoms with Crippen LogP contribution in [0.3, 0.4) is 0 Å². The first-order valence-electron chi connectivity index (χ1n) is 10.7. The summed E-state index contributed by atoms with van der Waals surface area (Å²) in [4.78, 5) is 2.46. The molecule has 0 heterocycles. The minimum Gasteiger partial charge on any atom is -0.492 e. The molecular weight excluding hydrogens is 372 g/mol. The van der Waals surface area contributed by atoms with Crippen molar-refractivity contribution < 1.29 is 18.3 Å². The van der Waals surface area contributed by atoms with Gasteiger partial charge in [0.15, 0.2) is 0 Å². The molecule has 0 amide bonds. The number of nitrogens with zero attached hydrogens (tertiary/aromatic N) is 1. The smallest absolute Gasteiger partial charge is 0.123 e. The third-order valence-corrected chi connectivity index (χ3v) is 5.51. The van der Waals surface area contributed by atoms with Gasteiger partial charge in [-0.15, -0.1) is 0 Å². The Balaban J connectivity index is 1.52. The van der Waals surface area contributed by atoms with Crippen LogP contribution in [0.2, 0.25) is 0 Å². The van der Waals surface area contributed by atoms with Crippen molar-refractivity contribution in [1.29, 1.82) is 0 Å². The summed E-state index contributed by atoms with van der Waals surface area (Å²) in [5.41, 5.74) is 0. The minimum atomic E-state index is -0.258. The van der Waals surface area contributed by atoms with Crippen LogP contribution in [-0.4, -0.2) is 37.2 Å². The number of hydrogen-bond acceptors (Lipinski definition) is 3. The van der Waals surface area contributed by atoms with Crippen LogP contribution in [0.4, 0.5) is 8.78 Å². The molecule has 0 unspecified atom stereocenters. The third-order valence-electron chi connectivity index (χ3n) is 5.51. The summed E-state index contributed by atoms with van der Waals surface area (Å²) in [6, 6.07) is 12.8. The molecule has 0 saturated heterocycles. The molecule has 3 nitrogen and oxygen atoms in total. The fraction of sp³-hybridized carbons (Fsp3) is 0.500. The maximum Gasteiger partial charge on any atom is 0.123 e. The van der Waals surface area contributed by atoms with Crippen molar-refractivity contribution in [3.05, 3.63) is 60.2 Å². The Bertz CT molecular complexity index is 646. The molecule has 0 aromatic heterocycles. The van der Waals surface area contributed by atoms with Crippen molar-refractivity contribution in [3.8, 4) is 11.5 Å². The second kappa shape index (κ2) is 11.8. The summed E-state index contributed by atoms with van der Waals surface area (Å²) < 4.78 is 37.8. The van der Waals surface area contributed by atoms with Crippen molar-refractivity contribution >= 4 is 0 Å². The SMILES string of the molecule is Fc1ccc(OCCN(CCOc2ccc(F)cc2)C2CCCCCCC2)cc1. The van der Waals surface area contributed by atoms with Crippen molar-refractivity contribution in [2.75, 3.05) is 26.3 Å². The monoisotopic (exact) mass is 403 g/mol. The molecule has 29 heavy (non-hydrogen) atoms. The Morgan fingerprint density at radius 2 is 1.07 bits per heavy atom. The largest absolute Gasteiger partial charge is 0.492 e. The molecule has 3 rings (SSSR count). The molecule has 1 saturated carbocycles. The molecule has 0 spiro atoms. The maximum absolute atomic E-state index is 13.1. The maximum atomic E-state index is 13.1. The third kappa shape index (κ3) is 7.65. The van der Waals surface area contributed by atoms with E-state index in [1.165, 1.54) is 69.2 Å². The van der Waals surface area contributed by atoms with E-state index in [2.05, 4.69) is 4.90 Å². The summed E-state index contributed by atoms with van der Waals surface area (Å²) in [5.74, 6) is 0.857. The Kier molecular flexibility index (Phi) is 8.75. The molecule has 5 heteroatoms. The molecule has 0 radical (unpaired) electrons. The quantitative estimate of drug-likeness (QED) is 0.525. The van der Waals surface area contributed by atoms with E-state index in [0.29, 0.717) is 30.8 Å². The Hall–Kier alpha value is -2.14. The highest BCUT2D eigenvalue weighted by Crippen LogP contribution is 2.22. The van der Waals surface area contributed by atoms with Crippen molar-refractivity contribution in [3.63, 3.8) is 0 Å². The second-order valence-electron chi connectivity index (χ2n) is 7.64. The molecule has 0 bridgehead atoms. The van der Waals surface area contributed by atoms with Crippen LogP contribution in [0.15, 0.2) is 48.5 Å². The summed E-state index contributed by atoms with van der Waals surface area (Å²) in [5, 5.41) is 0. The van der Waals surface area contributed by atoms with Crippen molar-refractivity contribution in [2.45, 2.75) is 51.0 Å². The molecule has 1 aliphatic carbocycles. The van der Waals surface area contributed by atoms with Gasteiger partial charge in [0.05, 0.1) is 0 Å². The number of ether oxygens (including phenoxy) is 2. The second-order valence-corrected chi connectivity index (χ2v) is 7.64. The lowest BCUT2D eigenvalue weighted by Gasteiger charge is -2.33. The van der Waals surface area contributed by atoms with Gasteiger partial charge in [-0.05, 0) is 61.4 Å². The highest BCUT2D eigenvalue weighted by Gasteiger charge is 2.19. The van der Waals surface area contributed by atoms with Crippen molar-refractivity contribution in [1.82, 2.24) is 4.90 Å². The average molecular weight is 404 g/mol. The van der Waals surface area contributed by atoms with Crippen LogP contribution in [0.1, 0.15) is 44.9 Å². The van der Waals surface area contributed by atoms with Crippen LogP contribution in [0.5, 0.6) is 11.5 Å². The Labute approximate surface area is 172 Å². The number of hydrogen-bond donors (Lipinski definition) is 0. The summed E-state index contributed by atoms with van der Waals surface area (Å²) in [6.45, 7) is 2.71. The van der Waals surface area contributed by atoms with Crippen LogP contribution in [0.25, 0.3) is 0 Å². The average Bonchev–Trinajstić information content (AvgIpc) is 2.70. The van der Waals surface area contributed by atoms with E-state index >= 15 is 0 Å². The van der Waals surface area contributed by atoms with Gasteiger partial charge in [0.25, 0.3) is 0 Å². The Morgan fingerprint density at radius 1 is 0.655 bits per heavy atom. The Morgan fingerprint density at radius 3 is 1.52 bits per heavy atom. The molecule has 158 valence electrons. The van der Waals surface area contributed by atoms with Gasteiger partial charge < -0.3 is 9.47 Å². The number of benzene rings is 2. The number of rotatable bonds is 9. The van der Waals surface area contributed by atoms with Crippen molar-refractivity contribution in [2.24, 2.45) is 0 Å². The lowest BCUT2D eigenvalue weighted by Crippen LogP contribution is -2.41. The summed E-state index contributed by atoms with van der Waals surface area (Å²) >= 11 is 0. The topological polar surface area (TPSA) is 21.7 Å². The summed E-state index contributed by atoms with van der Waals surface area (Å²) in [7, 11) is 0. The predicted octanol–water partition coefficient (Wildman–Crippen LogP) is 5.84. The standard InChI is InChI=1S/C24H31F2NO2/c25-20-8-12-23(13-9-20)28-18-16-27(22-6-4-2-1-3-5-7-22)17-19-29-24-14-10-21(26)11-15-24/h8-15,22H,1-7,16-19H2. The first-order chi connectivity index (χ1) is 14.2. The zero-order valence-electron chi connectivity index (χ0n) is 17.0. The van der Waals surface area contributed by atoms with Gasteiger partial charge in [-0.3, -0.25) is 4.90 Å². The molecule has 0 atom stereocenters. The van der Waals surface area contributed by atoms with Gasteiger partial charge in [0.1, 0.15) is 36.3 Å². The van der Waals surface area contributed by atoms with E-state index < -0.39 is 0 Å². The van der Waals surface area contributed by atoms with E-state index in [1.807, 2.05) is 0 Å². The highest BCUT2D eigenvalue weighted by atomic mass is 19.1. The highest BCUT2D eigenvalue weighted by molar-refractivity contribution is 5.22. The molecule has 1 fully saturated rings. The molecule has 2 aromatic carbocycles. The van der Waals surface area contributed by atoms with E-state index in [0.717, 1.165) is 13.1 Å². The van der Waals surface area contributed by atoms with Gasteiger partial charge in [-0.25, -0.2) is 8.78 Å². The van der Waals surface area contributed by atoms with E-state index in [9.17, 15) is 8.78 Å². The minimum absolute atomic E-state index is 0.258. The van der Waals surface area contributed by atoms with E-state index in [4.69, 9.17) is 9.47 Å². The van der Waals surface area contributed by atoms with Gasteiger partial charge in [-0.1, -0.05) is 32.1 Å². The lowest BCUT2D eigenvalue weighted by molar-refractivity contribution is 0.117. The molecule has 1 aliphatic rings. The normalized spacial score (nSPS) is 15.7. The summed E-state index contributed by atoms with van der Waals surface area (Å²) in [6.07, 6.45) is 8.89. The zero-order valence-corrected chi connectivity index (χ0v) is 17.0. The molecular formula is C24H31F2NO2. The van der Waals surface area contributed by atoms with E-state index in [-0.39, 0.29) is 11.6 Å². The zero-order chi connectivity index (χ0) is 20.3. The number of halogens is 2. The first kappa shape index (κ1) is 21.6. The lowest BCUT2D eigenvalue weighted by atomic mass is 9.95. The van der Waals surface area contributed by atoms with Crippen LogP contribution < -0.4 is 9.47 Å². The van der Waals surface area contributed by atoms with Crippen LogP contribution in [-0.2, 0) is 0 Å². The van der Waals surface area contributed by atoms with Gasteiger partial charge in [-0.2, -0.15) is 0 Å². The van der Waals surface area contributed by atoms with Crippen LogP contribution >= 0.6 is 0 Å². The van der Waals surface area contributed by atoms with Gasteiger partial charge in [0, 0.05) is 19.1 Å². The van der Waals surface area contributed by atoms with Gasteiger partial charge in [0.2, 0.25) is 0 Å². The molecule has 0 N–H and O–H groups in total.